The standard InChI is InChI=1S/C14H19NO3/c1-10-5-4-6-11(9-10)18-14(17)15-12-7-2-3-8-13(12)16/h2-3,7-8,10-11,16H,4-6,9H2,1H3,(H,15,17). The average molecular weight is 249 g/mol. The third-order valence-electron chi connectivity index (χ3n) is 3.30. The summed E-state index contributed by atoms with van der Waals surface area (Å²) >= 11 is 0. The highest BCUT2D eigenvalue weighted by molar-refractivity contribution is 5.86. The Morgan fingerprint density at radius 1 is 1.39 bits per heavy atom. The first-order valence-electron chi connectivity index (χ1n) is 6.41. The van der Waals surface area contributed by atoms with Gasteiger partial charge >= 0.3 is 6.09 Å². The molecule has 1 saturated carbocycles. The number of hydrogen-bond acceptors (Lipinski definition) is 3. The van der Waals surface area contributed by atoms with Crippen molar-refractivity contribution in [1.29, 1.82) is 0 Å². The number of para-hydroxylation sites is 2. The van der Waals surface area contributed by atoms with Gasteiger partial charge < -0.3 is 9.84 Å². The predicted octanol–water partition coefficient (Wildman–Crippen LogP) is 3.52. The van der Waals surface area contributed by atoms with Gasteiger partial charge in [-0.1, -0.05) is 25.5 Å². The predicted molar refractivity (Wildman–Crippen MR) is 69.6 cm³/mol. The summed E-state index contributed by atoms with van der Waals surface area (Å²) < 4.78 is 5.36. The number of aromatic hydroxyl groups is 1. The molecule has 0 aromatic heterocycles. The molecule has 1 aliphatic carbocycles. The summed E-state index contributed by atoms with van der Waals surface area (Å²) in [5.41, 5.74) is 0.381. The Bertz CT molecular complexity index is 419. The van der Waals surface area contributed by atoms with Crippen LogP contribution in [0.1, 0.15) is 32.6 Å². The zero-order chi connectivity index (χ0) is 13.0. The summed E-state index contributed by atoms with van der Waals surface area (Å²) in [6.07, 6.45) is 3.68. The highest BCUT2D eigenvalue weighted by Crippen LogP contribution is 2.27. The zero-order valence-electron chi connectivity index (χ0n) is 10.6. The van der Waals surface area contributed by atoms with E-state index in [1.165, 1.54) is 12.5 Å². The van der Waals surface area contributed by atoms with E-state index in [0.29, 0.717) is 11.6 Å². The third-order valence-corrected chi connectivity index (χ3v) is 3.30. The van der Waals surface area contributed by atoms with Gasteiger partial charge in [0.25, 0.3) is 0 Å². The number of carbonyl (C=O) groups excluding carboxylic acids is 1. The first-order chi connectivity index (χ1) is 8.65. The minimum absolute atomic E-state index is 0.000366. The van der Waals surface area contributed by atoms with Gasteiger partial charge in [0.05, 0.1) is 5.69 Å². The topological polar surface area (TPSA) is 58.6 Å². The van der Waals surface area contributed by atoms with Crippen LogP contribution in [0.15, 0.2) is 24.3 Å². The molecule has 1 aliphatic rings. The number of benzene rings is 1. The smallest absolute Gasteiger partial charge is 0.412 e. The Labute approximate surface area is 107 Å². The molecule has 0 saturated heterocycles. The van der Waals surface area contributed by atoms with Crippen molar-refractivity contribution in [1.82, 2.24) is 0 Å². The van der Waals surface area contributed by atoms with E-state index in [9.17, 15) is 9.90 Å². The van der Waals surface area contributed by atoms with E-state index in [2.05, 4.69) is 12.2 Å². The largest absolute Gasteiger partial charge is 0.506 e. The van der Waals surface area contributed by atoms with Crippen LogP contribution in [0, 0.1) is 5.92 Å². The molecule has 0 radical (unpaired) electrons. The van der Waals surface area contributed by atoms with Gasteiger partial charge in [0, 0.05) is 0 Å². The molecular formula is C14H19NO3. The number of anilines is 1. The molecule has 0 heterocycles. The number of phenolic OH excluding ortho intramolecular Hbond substituents is 1. The van der Waals surface area contributed by atoms with Crippen molar-refractivity contribution in [2.24, 2.45) is 5.92 Å². The van der Waals surface area contributed by atoms with E-state index in [4.69, 9.17) is 4.74 Å². The van der Waals surface area contributed by atoms with E-state index in [0.717, 1.165) is 19.3 Å². The highest BCUT2D eigenvalue weighted by atomic mass is 16.6. The summed E-state index contributed by atoms with van der Waals surface area (Å²) in [4.78, 5) is 11.7. The Balaban J connectivity index is 1.87. The number of nitrogens with one attached hydrogen (secondary N) is 1. The highest BCUT2D eigenvalue weighted by Gasteiger charge is 2.22. The molecule has 4 heteroatoms. The fourth-order valence-corrected chi connectivity index (χ4v) is 2.36. The van der Waals surface area contributed by atoms with Crippen molar-refractivity contribution < 1.29 is 14.6 Å². The maximum Gasteiger partial charge on any atom is 0.412 e. The first-order valence-corrected chi connectivity index (χ1v) is 6.41. The number of amides is 1. The molecule has 0 bridgehead atoms. The van der Waals surface area contributed by atoms with Crippen LogP contribution in [0.25, 0.3) is 0 Å². The van der Waals surface area contributed by atoms with Crippen LogP contribution in [-0.2, 0) is 4.74 Å². The average Bonchev–Trinajstić information content (AvgIpc) is 2.32. The lowest BCUT2D eigenvalue weighted by atomic mass is 9.89. The molecule has 1 fully saturated rings. The summed E-state index contributed by atoms with van der Waals surface area (Å²) in [6.45, 7) is 2.18. The van der Waals surface area contributed by atoms with Crippen molar-refractivity contribution in [2.75, 3.05) is 5.32 Å². The van der Waals surface area contributed by atoms with E-state index in [-0.39, 0.29) is 11.9 Å². The van der Waals surface area contributed by atoms with Crippen molar-refractivity contribution in [3.8, 4) is 5.75 Å². The lowest BCUT2D eigenvalue weighted by Gasteiger charge is -2.26. The van der Waals surface area contributed by atoms with Gasteiger partial charge in [0.2, 0.25) is 0 Å². The number of ether oxygens (including phenoxy) is 1. The molecule has 1 amide bonds. The molecule has 98 valence electrons. The van der Waals surface area contributed by atoms with Gasteiger partial charge in [0.15, 0.2) is 0 Å². The number of rotatable bonds is 2. The van der Waals surface area contributed by atoms with Gasteiger partial charge in [-0.25, -0.2) is 4.79 Å². The summed E-state index contributed by atoms with van der Waals surface area (Å²) in [5.74, 6) is 0.660. The van der Waals surface area contributed by atoms with Crippen molar-refractivity contribution in [2.45, 2.75) is 38.7 Å². The minimum atomic E-state index is -0.490. The van der Waals surface area contributed by atoms with E-state index in [1.807, 2.05) is 0 Å². The van der Waals surface area contributed by atoms with E-state index in [1.54, 1.807) is 18.2 Å². The first kappa shape index (κ1) is 12.7. The molecule has 0 spiro atoms. The molecule has 2 unspecified atom stereocenters. The fraction of sp³-hybridized carbons (Fsp3) is 0.500. The number of hydrogen-bond donors (Lipinski definition) is 2. The summed E-state index contributed by atoms with van der Waals surface area (Å²) in [5, 5.41) is 12.1. The Morgan fingerprint density at radius 3 is 2.89 bits per heavy atom. The van der Waals surface area contributed by atoms with Crippen LogP contribution in [0.4, 0.5) is 10.5 Å². The van der Waals surface area contributed by atoms with Crippen LogP contribution in [0.2, 0.25) is 0 Å². The third kappa shape index (κ3) is 3.39. The Morgan fingerprint density at radius 2 is 2.17 bits per heavy atom. The molecule has 0 aliphatic heterocycles. The fourth-order valence-electron chi connectivity index (χ4n) is 2.36. The quantitative estimate of drug-likeness (QED) is 0.788. The van der Waals surface area contributed by atoms with Gasteiger partial charge in [-0.2, -0.15) is 0 Å². The minimum Gasteiger partial charge on any atom is -0.506 e. The second kappa shape index (κ2) is 5.76. The molecule has 1 aromatic rings. The molecule has 2 atom stereocenters. The van der Waals surface area contributed by atoms with E-state index >= 15 is 0 Å². The van der Waals surface area contributed by atoms with Crippen LogP contribution in [0.5, 0.6) is 5.75 Å². The number of phenols is 1. The monoisotopic (exact) mass is 249 g/mol. The van der Waals surface area contributed by atoms with Crippen LogP contribution in [-0.4, -0.2) is 17.3 Å². The molecule has 18 heavy (non-hydrogen) atoms. The van der Waals surface area contributed by atoms with Crippen LogP contribution < -0.4 is 5.32 Å². The molecular weight excluding hydrogens is 230 g/mol. The maximum absolute atomic E-state index is 11.7. The molecule has 2 rings (SSSR count). The second-order valence-corrected chi connectivity index (χ2v) is 4.94. The van der Waals surface area contributed by atoms with Crippen LogP contribution >= 0.6 is 0 Å². The Kier molecular flexibility index (Phi) is 4.07. The SMILES string of the molecule is CC1CCCC(OC(=O)Nc2ccccc2O)C1. The summed E-state index contributed by atoms with van der Waals surface area (Å²) in [7, 11) is 0. The van der Waals surface area contributed by atoms with Crippen LogP contribution in [0.3, 0.4) is 0 Å². The lowest BCUT2D eigenvalue weighted by molar-refractivity contribution is 0.0723. The van der Waals surface area contributed by atoms with E-state index < -0.39 is 6.09 Å². The Hall–Kier alpha value is -1.71. The van der Waals surface area contributed by atoms with Gasteiger partial charge in [-0.3, -0.25) is 5.32 Å². The lowest BCUT2D eigenvalue weighted by Crippen LogP contribution is -2.27. The van der Waals surface area contributed by atoms with Crippen molar-refractivity contribution >= 4 is 11.8 Å². The van der Waals surface area contributed by atoms with Crippen molar-refractivity contribution in [3.63, 3.8) is 0 Å². The van der Waals surface area contributed by atoms with Gasteiger partial charge in [0.1, 0.15) is 11.9 Å². The van der Waals surface area contributed by atoms with Gasteiger partial charge in [-0.05, 0) is 37.3 Å². The normalized spacial score (nSPS) is 23.4. The zero-order valence-corrected chi connectivity index (χ0v) is 10.6. The second-order valence-electron chi connectivity index (χ2n) is 4.94. The maximum atomic E-state index is 11.7. The van der Waals surface area contributed by atoms with Crippen molar-refractivity contribution in [3.05, 3.63) is 24.3 Å². The molecule has 1 aromatic carbocycles. The molecule has 4 nitrogen and oxygen atoms in total. The summed E-state index contributed by atoms with van der Waals surface area (Å²) in [6, 6.07) is 6.62. The molecule has 2 N–H and O–H groups in total. The van der Waals surface area contributed by atoms with Gasteiger partial charge in [-0.15, -0.1) is 0 Å². The number of carbonyl (C=O) groups is 1.